The van der Waals surface area contributed by atoms with Crippen molar-refractivity contribution in [2.75, 3.05) is 25.5 Å². The molecule has 0 saturated carbocycles. The van der Waals surface area contributed by atoms with Crippen molar-refractivity contribution < 1.29 is 27.5 Å². The second kappa shape index (κ2) is 11.0. The van der Waals surface area contributed by atoms with Crippen LogP contribution in [0.5, 0.6) is 5.75 Å². The van der Waals surface area contributed by atoms with E-state index in [-0.39, 0.29) is 18.9 Å². The fourth-order valence-corrected chi connectivity index (χ4v) is 3.41. The molecule has 2 amide bonds. The summed E-state index contributed by atoms with van der Waals surface area (Å²) in [7, 11) is 1.56. The maximum atomic E-state index is 13.7. The zero-order valence-electron chi connectivity index (χ0n) is 16.6. The van der Waals surface area contributed by atoms with Crippen molar-refractivity contribution in [3.8, 4) is 5.75 Å². The zero-order valence-corrected chi connectivity index (χ0v) is 18.2. The van der Waals surface area contributed by atoms with Crippen molar-refractivity contribution in [2.45, 2.75) is 26.2 Å². The van der Waals surface area contributed by atoms with Crippen LogP contribution in [-0.2, 0) is 16.0 Å². The number of aryl methyl sites for hydroxylation is 1. The van der Waals surface area contributed by atoms with E-state index in [9.17, 15) is 22.8 Å². The Bertz CT molecular complexity index is 925. The SMILES string of the molecule is CCCN(CC(=O)Nc1ccc(F)c(F)c1F)C(=O)CCc1ccc(OC)c(Br)c1. The molecular formula is C21H22BrF3N2O3. The Morgan fingerprint density at radius 2 is 1.87 bits per heavy atom. The van der Waals surface area contributed by atoms with Crippen LogP contribution < -0.4 is 10.1 Å². The number of ether oxygens (including phenoxy) is 1. The molecule has 9 heteroatoms. The first-order chi connectivity index (χ1) is 14.3. The van der Waals surface area contributed by atoms with E-state index in [4.69, 9.17) is 4.74 Å². The highest BCUT2D eigenvalue weighted by Gasteiger charge is 2.19. The van der Waals surface area contributed by atoms with E-state index < -0.39 is 29.0 Å². The molecule has 0 spiro atoms. The third-order valence-electron chi connectivity index (χ3n) is 4.33. The van der Waals surface area contributed by atoms with Crippen LogP contribution in [0.3, 0.4) is 0 Å². The monoisotopic (exact) mass is 486 g/mol. The second-order valence-corrected chi connectivity index (χ2v) is 7.41. The van der Waals surface area contributed by atoms with Crippen molar-refractivity contribution in [3.63, 3.8) is 0 Å². The predicted molar refractivity (Wildman–Crippen MR) is 111 cm³/mol. The van der Waals surface area contributed by atoms with Gasteiger partial charge in [0.25, 0.3) is 0 Å². The van der Waals surface area contributed by atoms with E-state index in [1.807, 2.05) is 19.1 Å². The highest BCUT2D eigenvalue weighted by atomic mass is 79.9. The lowest BCUT2D eigenvalue weighted by atomic mass is 10.1. The standard InChI is InChI=1S/C21H22BrF3N2O3/c1-3-10-27(12-18(28)26-16-7-6-15(23)20(24)21(16)25)19(29)9-5-13-4-8-17(30-2)14(22)11-13/h4,6-8,11H,3,5,9-10,12H2,1-2H3,(H,26,28). The van der Waals surface area contributed by atoms with E-state index in [0.717, 1.165) is 22.2 Å². The maximum absolute atomic E-state index is 13.7. The number of benzene rings is 2. The Kier molecular flexibility index (Phi) is 8.71. The summed E-state index contributed by atoms with van der Waals surface area (Å²) < 4.78 is 46.0. The van der Waals surface area contributed by atoms with Crippen LogP contribution >= 0.6 is 15.9 Å². The quantitative estimate of drug-likeness (QED) is 0.523. The number of carbonyl (C=O) groups is 2. The van der Waals surface area contributed by atoms with E-state index in [1.165, 1.54) is 4.90 Å². The third-order valence-corrected chi connectivity index (χ3v) is 4.95. The molecule has 0 heterocycles. The highest BCUT2D eigenvalue weighted by Crippen LogP contribution is 2.26. The number of amides is 2. The fourth-order valence-electron chi connectivity index (χ4n) is 2.82. The molecule has 0 atom stereocenters. The Morgan fingerprint density at radius 1 is 1.13 bits per heavy atom. The van der Waals surface area contributed by atoms with Gasteiger partial charge >= 0.3 is 0 Å². The lowest BCUT2D eigenvalue weighted by Crippen LogP contribution is -2.38. The van der Waals surface area contributed by atoms with Crippen LogP contribution in [0.1, 0.15) is 25.3 Å². The first-order valence-corrected chi connectivity index (χ1v) is 10.1. The number of halogens is 4. The molecule has 162 valence electrons. The number of hydrogen-bond acceptors (Lipinski definition) is 3. The van der Waals surface area contributed by atoms with Gasteiger partial charge in [-0.1, -0.05) is 13.0 Å². The van der Waals surface area contributed by atoms with Gasteiger partial charge in [0, 0.05) is 13.0 Å². The first-order valence-electron chi connectivity index (χ1n) is 9.30. The Hall–Kier alpha value is -2.55. The van der Waals surface area contributed by atoms with Crippen molar-refractivity contribution in [1.82, 2.24) is 4.90 Å². The first kappa shape index (κ1) is 23.7. The molecule has 0 aliphatic carbocycles. The molecule has 2 rings (SSSR count). The van der Waals surface area contributed by atoms with E-state index in [0.29, 0.717) is 25.1 Å². The topological polar surface area (TPSA) is 58.6 Å². The summed E-state index contributed by atoms with van der Waals surface area (Å²) in [6.07, 6.45) is 1.25. The number of nitrogens with one attached hydrogen (secondary N) is 1. The van der Waals surface area contributed by atoms with E-state index >= 15 is 0 Å². The van der Waals surface area contributed by atoms with Gasteiger partial charge in [0.15, 0.2) is 17.5 Å². The van der Waals surface area contributed by atoms with Crippen LogP contribution in [0.2, 0.25) is 0 Å². The molecule has 0 unspecified atom stereocenters. The normalized spacial score (nSPS) is 10.6. The highest BCUT2D eigenvalue weighted by molar-refractivity contribution is 9.10. The van der Waals surface area contributed by atoms with Crippen molar-refractivity contribution in [1.29, 1.82) is 0 Å². The Balaban J connectivity index is 1.98. The molecule has 0 saturated heterocycles. The maximum Gasteiger partial charge on any atom is 0.244 e. The molecule has 0 radical (unpaired) electrons. The molecule has 0 fully saturated rings. The smallest absolute Gasteiger partial charge is 0.244 e. The minimum absolute atomic E-state index is 0.172. The van der Waals surface area contributed by atoms with Crippen LogP contribution in [0.15, 0.2) is 34.8 Å². The number of nitrogens with zero attached hydrogens (tertiary/aromatic N) is 1. The summed E-state index contributed by atoms with van der Waals surface area (Å²) in [6.45, 7) is 1.87. The Morgan fingerprint density at radius 3 is 2.50 bits per heavy atom. The minimum Gasteiger partial charge on any atom is -0.496 e. The summed E-state index contributed by atoms with van der Waals surface area (Å²) in [5.41, 5.74) is 0.437. The molecule has 5 nitrogen and oxygen atoms in total. The summed E-state index contributed by atoms with van der Waals surface area (Å²) in [5, 5.41) is 2.18. The van der Waals surface area contributed by atoms with Gasteiger partial charge < -0.3 is 15.0 Å². The van der Waals surface area contributed by atoms with Crippen LogP contribution in [0.25, 0.3) is 0 Å². The lowest BCUT2D eigenvalue weighted by Gasteiger charge is -2.22. The van der Waals surface area contributed by atoms with Crippen LogP contribution in [0.4, 0.5) is 18.9 Å². The Labute approximate surface area is 181 Å². The average molecular weight is 487 g/mol. The van der Waals surface area contributed by atoms with Gasteiger partial charge in [-0.3, -0.25) is 9.59 Å². The summed E-state index contributed by atoms with van der Waals surface area (Å²) in [4.78, 5) is 26.2. The summed E-state index contributed by atoms with van der Waals surface area (Å²) in [5.74, 6) is -4.77. The van der Waals surface area contributed by atoms with Gasteiger partial charge in [0.2, 0.25) is 11.8 Å². The fraction of sp³-hybridized carbons (Fsp3) is 0.333. The molecule has 0 aliphatic heterocycles. The van der Waals surface area contributed by atoms with Crippen molar-refractivity contribution >= 4 is 33.4 Å². The summed E-state index contributed by atoms with van der Waals surface area (Å²) in [6, 6.07) is 7.14. The molecule has 0 aromatic heterocycles. The molecule has 1 N–H and O–H groups in total. The van der Waals surface area contributed by atoms with E-state index in [1.54, 1.807) is 13.2 Å². The lowest BCUT2D eigenvalue weighted by molar-refractivity contribution is -0.134. The molecule has 30 heavy (non-hydrogen) atoms. The number of methoxy groups -OCH3 is 1. The van der Waals surface area contributed by atoms with Crippen molar-refractivity contribution in [3.05, 3.63) is 57.8 Å². The van der Waals surface area contributed by atoms with Gasteiger partial charge in [0.1, 0.15) is 5.75 Å². The average Bonchev–Trinajstić information content (AvgIpc) is 2.72. The third kappa shape index (κ3) is 6.22. The summed E-state index contributed by atoms with van der Waals surface area (Å²) >= 11 is 3.39. The molecular weight excluding hydrogens is 465 g/mol. The van der Waals surface area contributed by atoms with Crippen LogP contribution in [0, 0.1) is 17.5 Å². The number of anilines is 1. The largest absolute Gasteiger partial charge is 0.496 e. The van der Waals surface area contributed by atoms with Gasteiger partial charge in [0.05, 0.1) is 23.8 Å². The predicted octanol–water partition coefficient (Wildman–Crippen LogP) is 4.68. The molecule has 0 bridgehead atoms. The van der Waals surface area contributed by atoms with Gasteiger partial charge in [-0.25, -0.2) is 13.2 Å². The van der Waals surface area contributed by atoms with Gasteiger partial charge in [-0.15, -0.1) is 0 Å². The molecule has 2 aromatic rings. The van der Waals surface area contributed by atoms with E-state index in [2.05, 4.69) is 21.2 Å². The van der Waals surface area contributed by atoms with Gasteiger partial charge in [-0.05, 0) is 58.6 Å². The number of rotatable bonds is 9. The van der Waals surface area contributed by atoms with Crippen LogP contribution in [-0.4, -0.2) is 36.9 Å². The van der Waals surface area contributed by atoms with Crippen molar-refractivity contribution in [2.24, 2.45) is 0 Å². The van der Waals surface area contributed by atoms with Gasteiger partial charge in [-0.2, -0.15) is 0 Å². The number of hydrogen-bond donors (Lipinski definition) is 1. The second-order valence-electron chi connectivity index (χ2n) is 6.56. The number of carbonyl (C=O) groups excluding carboxylic acids is 2. The minimum atomic E-state index is -1.67. The molecule has 0 aliphatic rings. The zero-order chi connectivity index (χ0) is 22.3. The molecule has 2 aromatic carbocycles.